The molecule has 2 amide bonds. The number of rotatable bonds is 5. The van der Waals surface area contributed by atoms with Gasteiger partial charge in [0.1, 0.15) is 0 Å². The van der Waals surface area contributed by atoms with Crippen molar-refractivity contribution in [1.29, 1.82) is 0 Å². The number of hydrogen-bond donors (Lipinski definition) is 2. The van der Waals surface area contributed by atoms with Crippen molar-refractivity contribution in [3.63, 3.8) is 0 Å². The first-order valence-electron chi connectivity index (χ1n) is 8.97. The summed E-state index contributed by atoms with van der Waals surface area (Å²) >= 11 is 0. The minimum absolute atomic E-state index is 0.0494. The summed E-state index contributed by atoms with van der Waals surface area (Å²) in [6.07, 6.45) is -4.46. The summed E-state index contributed by atoms with van der Waals surface area (Å²) in [6, 6.07) is 17.3. The lowest BCUT2D eigenvalue weighted by Gasteiger charge is -2.15. The average molecular weight is 400 g/mol. The van der Waals surface area contributed by atoms with Crippen LogP contribution in [0.1, 0.15) is 34.5 Å². The van der Waals surface area contributed by atoms with Crippen LogP contribution in [-0.4, -0.2) is 18.4 Å². The van der Waals surface area contributed by atoms with Crippen LogP contribution in [0.25, 0.3) is 10.8 Å². The highest BCUT2D eigenvalue weighted by Crippen LogP contribution is 2.29. The number of hydrogen-bond acceptors (Lipinski definition) is 2. The fourth-order valence-corrected chi connectivity index (χ4v) is 2.93. The first-order valence-corrected chi connectivity index (χ1v) is 8.97. The molecule has 3 aromatic rings. The number of amides is 2. The van der Waals surface area contributed by atoms with Gasteiger partial charge in [0.2, 0.25) is 5.91 Å². The second-order valence-corrected chi connectivity index (χ2v) is 6.65. The molecule has 3 rings (SSSR count). The van der Waals surface area contributed by atoms with Crippen molar-refractivity contribution < 1.29 is 22.8 Å². The van der Waals surface area contributed by atoms with Crippen LogP contribution in [0.4, 0.5) is 13.2 Å². The lowest BCUT2D eigenvalue weighted by atomic mass is 10.0. The zero-order valence-corrected chi connectivity index (χ0v) is 15.6. The van der Waals surface area contributed by atoms with Gasteiger partial charge in [-0.3, -0.25) is 9.59 Å². The molecule has 0 aromatic heterocycles. The Hall–Kier alpha value is -3.35. The minimum Gasteiger partial charge on any atom is -0.348 e. The Kier molecular flexibility index (Phi) is 5.87. The summed E-state index contributed by atoms with van der Waals surface area (Å²) < 4.78 is 37.7. The molecule has 0 heterocycles. The van der Waals surface area contributed by atoms with E-state index in [2.05, 4.69) is 10.6 Å². The van der Waals surface area contributed by atoms with Gasteiger partial charge in [-0.05, 0) is 53.6 Å². The Morgan fingerprint density at radius 1 is 0.931 bits per heavy atom. The quantitative estimate of drug-likeness (QED) is 0.664. The Morgan fingerprint density at radius 2 is 1.59 bits per heavy atom. The second kappa shape index (κ2) is 8.34. The maximum absolute atomic E-state index is 12.6. The number of carbonyl (C=O) groups is 2. The molecule has 7 heteroatoms. The average Bonchev–Trinajstić information content (AvgIpc) is 2.71. The SMILES string of the molecule is CC(NC(=O)CNC(=O)c1ccc(C(F)(F)F)cc1)c1ccc2ccccc2c1. The molecule has 0 saturated carbocycles. The number of carbonyl (C=O) groups excluding carboxylic acids is 2. The second-order valence-electron chi connectivity index (χ2n) is 6.65. The third-order valence-electron chi connectivity index (χ3n) is 4.53. The van der Waals surface area contributed by atoms with E-state index >= 15 is 0 Å². The van der Waals surface area contributed by atoms with E-state index < -0.39 is 23.6 Å². The topological polar surface area (TPSA) is 58.2 Å². The van der Waals surface area contributed by atoms with Crippen LogP contribution in [0.15, 0.2) is 66.7 Å². The highest BCUT2D eigenvalue weighted by Gasteiger charge is 2.30. The van der Waals surface area contributed by atoms with Gasteiger partial charge in [0.15, 0.2) is 0 Å². The smallest absolute Gasteiger partial charge is 0.348 e. The molecule has 3 aromatic carbocycles. The highest BCUT2D eigenvalue weighted by atomic mass is 19.4. The van der Waals surface area contributed by atoms with E-state index in [1.54, 1.807) is 0 Å². The van der Waals surface area contributed by atoms with Gasteiger partial charge in [-0.15, -0.1) is 0 Å². The molecule has 0 radical (unpaired) electrons. The number of alkyl halides is 3. The number of fused-ring (bicyclic) bond motifs is 1. The molecule has 29 heavy (non-hydrogen) atoms. The molecular weight excluding hydrogens is 381 g/mol. The van der Waals surface area contributed by atoms with Crippen LogP contribution in [0.5, 0.6) is 0 Å². The van der Waals surface area contributed by atoms with Crippen molar-refractivity contribution in [3.8, 4) is 0 Å². The molecule has 0 bridgehead atoms. The van der Waals surface area contributed by atoms with E-state index in [9.17, 15) is 22.8 Å². The van der Waals surface area contributed by atoms with Crippen molar-refractivity contribution in [2.24, 2.45) is 0 Å². The van der Waals surface area contributed by atoms with Gasteiger partial charge in [0, 0.05) is 5.56 Å². The van der Waals surface area contributed by atoms with E-state index in [0.717, 1.165) is 40.6 Å². The third-order valence-corrected chi connectivity index (χ3v) is 4.53. The maximum atomic E-state index is 12.6. The molecule has 1 atom stereocenters. The molecule has 0 saturated heterocycles. The Balaban J connectivity index is 1.55. The maximum Gasteiger partial charge on any atom is 0.416 e. The van der Waals surface area contributed by atoms with Gasteiger partial charge in [0.25, 0.3) is 5.91 Å². The molecule has 2 N–H and O–H groups in total. The van der Waals surface area contributed by atoms with Crippen molar-refractivity contribution in [3.05, 3.63) is 83.4 Å². The van der Waals surface area contributed by atoms with Crippen molar-refractivity contribution >= 4 is 22.6 Å². The molecule has 0 fully saturated rings. The molecule has 0 aliphatic heterocycles. The molecular formula is C22H19F3N2O2. The first kappa shape index (κ1) is 20.4. The fraction of sp³-hybridized carbons (Fsp3) is 0.182. The van der Waals surface area contributed by atoms with Gasteiger partial charge in [-0.25, -0.2) is 0 Å². The molecule has 0 aliphatic carbocycles. The number of benzene rings is 3. The lowest BCUT2D eigenvalue weighted by Crippen LogP contribution is -2.38. The zero-order chi connectivity index (χ0) is 21.0. The monoisotopic (exact) mass is 400 g/mol. The summed E-state index contributed by atoms with van der Waals surface area (Å²) in [5.41, 5.74) is 0.135. The molecule has 150 valence electrons. The van der Waals surface area contributed by atoms with Crippen LogP contribution >= 0.6 is 0 Å². The third kappa shape index (κ3) is 5.13. The summed E-state index contributed by atoms with van der Waals surface area (Å²) in [5.74, 6) is -1.02. The van der Waals surface area contributed by atoms with Crippen molar-refractivity contribution in [2.75, 3.05) is 6.54 Å². The predicted octanol–water partition coefficient (Wildman–Crippen LogP) is 4.47. The van der Waals surface area contributed by atoms with Crippen molar-refractivity contribution in [2.45, 2.75) is 19.1 Å². The van der Waals surface area contributed by atoms with Crippen molar-refractivity contribution in [1.82, 2.24) is 10.6 Å². The van der Waals surface area contributed by atoms with E-state index in [4.69, 9.17) is 0 Å². The van der Waals surface area contributed by atoms with Crippen LogP contribution in [0.2, 0.25) is 0 Å². The fourth-order valence-electron chi connectivity index (χ4n) is 2.93. The predicted molar refractivity (Wildman–Crippen MR) is 104 cm³/mol. The number of nitrogens with one attached hydrogen (secondary N) is 2. The van der Waals surface area contributed by atoms with E-state index in [0.29, 0.717) is 0 Å². The summed E-state index contributed by atoms with van der Waals surface area (Å²) in [4.78, 5) is 24.2. The molecule has 4 nitrogen and oxygen atoms in total. The summed E-state index contributed by atoms with van der Waals surface area (Å²) in [7, 11) is 0. The van der Waals surface area contributed by atoms with E-state index in [-0.39, 0.29) is 18.2 Å². The standard InChI is InChI=1S/C22H19F3N2O2/c1-14(17-7-6-15-4-2-3-5-18(15)12-17)27-20(28)13-26-21(29)16-8-10-19(11-9-16)22(23,24)25/h2-12,14H,13H2,1H3,(H,26,29)(H,27,28). The van der Waals surface area contributed by atoms with Gasteiger partial charge in [-0.2, -0.15) is 13.2 Å². The van der Waals surface area contributed by atoms with Crippen LogP contribution < -0.4 is 10.6 Å². The Morgan fingerprint density at radius 3 is 2.24 bits per heavy atom. The number of halogens is 3. The van der Waals surface area contributed by atoms with Crippen LogP contribution in [-0.2, 0) is 11.0 Å². The van der Waals surface area contributed by atoms with Gasteiger partial charge in [0.05, 0.1) is 18.2 Å². The van der Waals surface area contributed by atoms with E-state index in [1.165, 1.54) is 0 Å². The van der Waals surface area contributed by atoms with Crippen LogP contribution in [0.3, 0.4) is 0 Å². The van der Waals surface area contributed by atoms with Gasteiger partial charge < -0.3 is 10.6 Å². The van der Waals surface area contributed by atoms with Gasteiger partial charge in [-0.1, -0.05) is 36.4 Å². The zero-order valence-electron chi connectivity index (χ0n) is 15.6. The van der Waals surface area contributed by atoms with E-state index in [1.807, 2.05) is 49.4 Å². The molecule has 0 aliphatic rings. The Labute approximate surface area is 165 Å². The highest BCUT2D eigenvalue weighted by molar-refractivity contribution is 5.96. The summed E-state index contributed by atoms with van der Waals surface area (Å²) in [6.45, 7) is 1.55. The molecule has 1 unspecified atom stereocenters. The minimum atomic E-state index is -4.46. The van der Waals surface area contributed by atoms with Crippen LogP contribution in [0, 0.1) is 0 Å². The van der Waals surface area contributed by atoms with Gasteiger partial charge >= 0.3 is 6.18 Å². The molecule has 0 spiro atoms. The first-order chi connectivity index (χ1) is 13.7. The largest absolute Gasteiger partial charge is 0.416 e. The summed E-state index contributed by atoms with van der Waals surface area (Å²) in [5, 5.41) is 7.36. The lowest BCUT2D eigenvalue weighted by molar-refractivity contribution is -0.137. The normalized spacial score (nSPS) is 12.4. The Bertz CT molecular complexity index is 1030.